The summed E-state index contributed by atoms with van der Waals surface area (Å²) in [4.78, 5) is 2.46. The maximum atomic E-state index is 6.23. The van der Waals surface area contributed by atoms with E-state index >= 15 is 0 Å². The Morgan fingerprint density at radius 2 is 1.59 bits per heavy atom. The molecule has 4 heteroatoms. The summed E-state index contributed by atoms with van der Waals surface area (Å²) < 4.78 is 12.0. The average molecular weight is 434 g/mol. The number of quaternary nitrogens is 1. The molecule has 0 aliphatic carbocycles. The zero-order chi connectivity index (χ0) is 23.3. The van der Waals surface area contributed by atoms with Gasteiger partial charge >= 0.3 is 0 Å². The van der Waals surface area contributed by atoms with E-state index in [-0.39, 0.29) is 11.1 Å². The molecule has 4 nitrogen and oxygen atoms in total. The number of hydrogen-bond donors (Lipinski definition) is 1. The highest BCUT2D eigenvalue weighted by molar-refractivity contribution is 5.94. The molecule has 0 aromatic heterocycles. The predicted octanol–water partition coefficient (Wildman–Crippen LogP) is 6.21. The molecule has 2 aliphatic heterocycles. The molecule has 0 saturated heterocycles. The normalized spacial score (nSPS) is 18.3. The van der Waals surface area contributed by atoms with E-state index < -0.39 is 0 Å². The summed E-state index contributed by atoms with van der Waals surface area (Å²) in [6, 6.07) is 10.8. The number of allylic oxidation sites excluding steroid dienone is 2. The molecule has 0 spiro atoms. The Hall–Kier alpha value is -2.72. The van der Waals surface area contributed by atoms with Crippen LogP contribution in [0.2, 0.25) is 0 Å². The van der Waals surface area contributed by atoms with E-state index in [4.69, 9.17) is 9.47 Å². The van der Waals surface area contributed by atoms with Crippen molar-refractivity contribution in [2.24, 2.45) is 0 Å². The monoisotopic (exact) mass is 433 g/mol. The Labute approximate surface area is 192 Å². The predicted molar refractivity (Wildman–Crippen MR) is 134 cm³/mol. The van der Waals surface area contributed by atoms with Gasteiger partial charge in [0.05, 0.1) is 30.0 Å². The number of benzene rings is 2. The number of fused-ring (bicyclic) bond motifs is 2. The first-order chi connectivity index (χ1) is 15.1. The van der Waals surface area contributed by atoms with E-state index in [0.717, 1.165) is 17.2 Å². The molecule has 0 saturated carbocycles. The van der Waals surface area contributed by atoms with Gasteiger partial charge < -0.3 is 19.7 Å². The maximum Gasteiger partial charge on any atom is 0.144 e. The fourth-order valence-corrected chi connectivity index (χ4v) is 5.36. The van der Waals surface area contributed by atoms with Gasteiger partial charge in [-0.25, -0.2) is 0 Å². The first-order valence-electron chi connectivity index (χ1n) is 11.7. The van der Waals surface area contributed by atoms with Crippen molar-refractivity contribution in [2.45, 2.75) is 66.5 Å². The Balaban J connectivity index is 2.01. The molecule has 2 aromatic carbocycles. The minimum Gasteiger partial charge on any atom is -0.494 e. The van der Waals surface area contributed by atoms with Crippen LogP contribution in [0.5, 0.6) is 11.5 Å². The standard InChI is InChI=1S/C28H36N2O2/c1-9-31-20-11-13-23-21(15-20)18(3)17-28(7,8)30(23)26-24(32-10-2)14-12-22-25(26)19(4)16-27(5,6)29-22/h11-17,29H,9-10H2,1-8H3/p+1. The molecular formula is C28H37N2O2+. The highest BCUT2D eigenvalue weighted by Gasteiger charge is 2.39. The van der Waals surface area contributed by atoms with Gasteiger partial charge in [0.15, 0.2) is 0 Å². The van der Waals surface area contributed by atoms with Gasteiger partial charge in [0, 0.05) is 17.3 Å². The summed E-state index contributed by atoms with van der Waals surface area (Å²) in [6.45, 7) is 18.9. The van der Waals surface area contributed by atoms with Gasteiger partial charge in [-0.1, -0.05) is 6.08 Å². The molecule has 0 unspecified atom stereocenters. The van der Waals surface area contributed by atoms with Crippen molar-refractivity contribution in [3.8, 4) is 11.5 Å². The summed E-state index contributed by atoms with van der Waals surface area (Å²) in [5.74, 6) is 1.83. The molecule has 32 heavy (non-hydrogen) atoms. The number of ether oxygens (including phenoxy) is 2. The Morgan fingerprint density at radius 1 is 0.875 bits per heavy atom. The highest BCUT2D eigenvalue weighted by Crippen LogP contribution is 2.51. The molecule has 0 bridgehead atoms. The van der Waals surface area contributed by atoms with E-state index in [1.807, 2.05) is 6.92 Å². The molecular weight excluding hydrogens is 396 g/mol. The van der Waals surface area contributed by atoms with Crippen molar-refractivity contribution >= 4 is 28.2 Å². The zero-order valence-corrected chi connectivity index (χ0v) is 20.8. The number of nitrogens with zero attached hydrogens (tertiary/aromatic N) is 1. The van der Waals surface area contributed by atoms with Crippen LogP contribution in [0.15, 0.2) is 42.5 Å². The molecule has 170 valence electrons. The second-order valence-corrected chi connectivity index (χ2v) is 10.0. The van der Waals surface area contributed by atoms with Crippen molar-refractivity contribution in [1.29, 1.82) is 0 Å². The van der Waals surface area contributed by atoms with Gasteiger partial charge in [-0.05, 0) is 96.9 Å². The smallest absolute Gasteiger partial charge is 0.144 e. The highest BCUT2D eigenvalue weighted by atomic mass is 16.5. The van der Waals surface area contributed by atoms with Crippen LogP contribution < -0.4 is 19.7 Å². The van der Waals surface area contributed by atoms with Crippen LogP contribution >= 0.6 is 0 Å². The molecule has 2 aromatic rings. The number of rotatable bonds is 5. The third-order valence-electron chi connectivity index (χ3n) is 6.30. The van der Waals surface area contributed by atoms with Gasteiger partial charge in [0.1, 0.15) is 22.7 Å². The van der Waals surface area contributed by atoms with Crippen molar-refractivity contribution < 1.29 is 14.8 Å². The second kappa shape index (κ2) is 8.00. The lowest BCUT2D eigenvalue weighted by atomic mass is 9.85. The van der Waals surface area contributed by atoms with Crippen LogP contribution in [0, 0.1) is 0 Å². The minimum absolute atomic E-state index is 0.0275. The van der Waals surface area contributed by atoms with Crippen molar-refractivity contribution in [3.63, 3.8) is 0 Å². The first-order valence-corrected chi connectivity index (χ1v) is 11.7. The van der Waals surface area contributed by atoms with Crippen LogP contribution in [0.1, 0.15) is 66.5 Å². The lowest BCUT2D eigenvalue weighted by Crippen LogP contribution is -2.90. The van der Waals surface area contributed by atoms with E-state index in [9.17, 15) is 0 Å². The molecule has 2 heterocycles. The Morgan fingerprint density at radius 3 is 2.28 bits per heavy atom. The van der Waals surface area contributed by atoms with Gasteiger partial charge in [-0.15, -0.1) is 0 Å². The van der Waals surface area contributed by atoms with Crippen LogP contribution in [0.4, 0.5) is 17.1 Å². The molecule has 4 rings (SSSR count). The van der Waals surface area contributed by atoms with E-state index in [1.54, 1.807) is 0 Å². The third-order valence-corrected chi connectivity index (χ3v) is 6.30. The summed E-state index contributed by atoms with van der Waals surface area (Å²) in [5, 5.41) is 2.37. The van der Waals surface area contributed by atoms with Crippen LogP contribution in [0.25, 0.3) is 11.1 Å². The summed E-state index contributed by atoms with van der Waals surface area (Å²) in [7, 11) is 0. The zero-order valence-electron chi connectivity index (χ0n) is 20.8. The van der Waals surface area contributed by atoms with E-state index in [0.29, 0.717) is 13.2 Å². The van der Waals surface area contributed by atoms with Crippen LogP contribution in [-0.4, -0.2) is 24.3 Å². The van der Waals surface area contributed by atoms with Crippen molar-refractivity contribution in [3.05, 3.63) is 53.6 Å². The van der Waals surface area contributed by atoms with Crippen molar-refractivity contribution in [1.82, 2.24) is 0 Å². The van der Waals surface area contributed by atoms with Crippen LogP contribution in [0.3, 0.4) is 0 Å². The molecule has 0 radical (unpaired) electrons. The average Bonchev–Trinajstić information content (AvgIpc) is 2.68. The lowest BCUT2D eigenvalue weighted by Gasteiger charge is -2.45. The van der Waals surface area contributed by atoms with Crippen LogP contribution in [-0.2, 0) is 0 Å². The topological polar surface area (TPSA) is 38.3 Å². The van der Waals surface area contributed by atoms with Gasteiger partial charge in [-0.2, -0.15) is 0 Å². The third kappa shape index (κ3) is 3.81. The Kier molecular flexibility index (Phi) is 5.62. The molecule has 0 amide bonds. The van der Waals surface area contributed by atoms with Gasteiger partial charge in [0.2, 0.25) is 0 Å². The van der Waals surface area contributed by atoms with Gasteiger partial charge in [0.25, 0.3) is 0 Å². The SMILES string of the molecule is CCOc1ccc2c(c1)C(C)=CC(C)(C)N2c1c(OCC)ccc2c1C(C)=CC(C)(C)[NH2+]2. The molecule has 2 N–H and O–H groups in total. The second-order valence-electron chi connectivity index (χ2n) is 10.0. The Bertz CT molecular complexity index is 1110. The quantitative estimate of drug-likeness (QED) is 0.570. The summed E-state index contributed by atoms with van der Waals surface area (Å²) >= 11 is 0. The summed E-state index contributed by atoms with van der Waals surface area (Å²) in [6.07, 6.45) is 4.72. The fraction of sp³-hybridized carbons (Fsp3) is 0.429. The molecule has 0 atom stereocenters. The minimum atomic E-state index is -0.224. The first kappa shape index (κ1) is 22.5. The van der Waals surface area contributed by atoms with Gasteiger partial charge in [-0.3, -0.25) is 0 Å². The van der Waals surface area contributed by atoms with Crippen molar-refractivity contribution in [2.75, 3.05) is 18.1 Å². The maximum absolute atomic E-state index is 6.23. The molecule has 0 fully saturated rings. The molecule has 2 aliphatic rings. The van der Waals surface area contributed by atoms with E-state index in [1.165, 1.54) is 33.6 Å². The lowest BCUT2D eigenvalue weighted by molar-refractivity contribution is -0.634. The number of anilines is 2. The number of nitrogens with two attached hydrogens (primary N) is 1. The summed E-state index contributed by atoms with van der Waals surface area (Å²) in [5.41, 5.74) is 8.42. The fourth-order valence-electron chi connectivity index (χ4n) is 5.36. The largest absolute Gasteiger partial charge is 0.494 e. The van der Waals surface area contributed by atoms with E-state index in [2.05, 4.69) is 101 Å². The number of hydrogen-bond acceptors (Lipinski definition) is 3.